The Morgan fingerprint density at radius 1 is 0.439 bits per heavy atom. The van der Waals surface area contributed by atoms with Gasteiger partial charge in [0.25, 0.3) is 0 Å². The fraction of sp³-hybridized carbons (Fsp3) is 0.153. The highest BCUT2D eigenvalue weighted by molar-refractivity contribution is 6.13. The number of hydrogen-bond donors (Lipinski definition) is 0. The summed E-state index contributed by atoms with van der Waals surface area (Å²) in [4.78, 5) is 0. The smallest absolute Gasteiger partial charge is 0.308 e. The lowest BCUT2D eigenvalue weighted by Crippen LogP contribution is -2.11. The van der Waals surface area contributed by atoms with E-state index >= 15 is 13.2 Å². The van der Waals surface area contributed by atoms with E-state index in [2.05, 4.69) is 108 Å². The van der Waals surface area contributed by atoms with Gasteiger partial charge in [0, 0.05) is 27.1 Å². The van der Waals surface area contributed by atoms with Crippen LogP contribution < -0.4 is 0 Å². The molecule has 2 aromatic heterocycles. The Bertz CT molecular complexity index is 3330. The molecule has 0 atom stereocenters. The van der Waals surface area contributed by atoms with Crippen molar-refractivity contribution in [1.82, 2.24) is 9.13 Å². The molecule has 66 heavy (non-hydrogen) atoms. The molecule has 0 bridgehead atoms. The zero-order chi connectivity index (χ0) is 46.7. The molecule has 0 radical (unpaired) electrons. The number of halogens is 3. The molecule has 0 aliphatic heterocycles. The third kappa shape index (κ3) is 8.10. The lowest BCUT2D eigenvalue weighted by Gasteiger charge is -2.23. The first-order valence-corrected chi connectivity index (χ1v) is 22.4. The van der Waals surface area contributed by atoms with Crippen LogP contribution in [-0.2, 0) is 6.18 Å². The van der Waals surface area contributed by atoms with Gasteiger partial charge in [-0.2, -0.15) is 23.7 Å². The first-order valence-electron chi connectivity index (χ1n) is 22.4. The summed E-state index contributed by atoms with van der Waals surface area (Å²) in [5.41, 5.74) is 9.35. The van der Waals surface area contributed by atoms with Crippen molar-refractivity contribution in [3.05, 3.63) is 192 Å². The molecule has 0 N–H and O–H groups in total. The van der Waals surface area contributed by atoms with Crippen LogP contribution >= 0.6 is 0 Å². The lowest BCUT2D eigenvalue weighted by atomic mass is 9.92. The van der Waals surface area contributed by atoms with Gasteiger partial charge >= 0.3 is 6.18 Å². The van der Waals surface area contributed by atoms with Crippen molar-refractivity contribution in [3.63, 3.8) is 0 Å². The first kappa shape index (κ1) is 44.7. The van der Waals surface area contributed by atoms with E-state index in [9.17, 15) is 10.5 Å². The molecule has 0 spiro atoms. The standard InChI is InChI=1S/C53H33F3N4.2C3H8/c1-32-11-3-5-13-38(32)36-20-23-42-40-15-7-9-17-46(40)59(48(42)28-36)50-26-35(31-58)27-51(52(50)44-22-19-34(30-57)25-45(44)53(54,55)56)60-47-18-10-8-16-41(47)43-24-21-37(29-49(43)60)39-14-6-4-12-33(39)2;2*1-3-2/h3-29H,1-2H3;2*3H2,1-2H3. The summed E-state index contributed by atoms with van der Waals surface area (Å²) in [6.45, 7) is 12.6. The van der Waals surface area contributed by atoms with Crippen LogP contribution in [-0.4, -0.2) is 9.13 Å². The van der Waals surface area contributed by atoms with Gasteiger partial charge in [-0.25, -0.2) is 0 Å². The van der Waals surface area contributed by atoms with E-state index in [-0.39, 0.29) is 22.3 Å². The fourth-order valence-corrected chi connectivity index (χ4v) is 8.96. The predicted octanol–water partition coefficient (Wildman–Crippen LogP) is 17.1. The first-order chi connectivity index (χ1) is 32.0. The molecule has 2 heterocycles. The second-order valence-electron chi connectivity index (χ2n) is 16.6. The number of para-hydroxylation sites is 2. The van der Waals surface area contributed by atoms with Crippen LogP contribution in [0.5, 0.6) is 0 Å². The summed E-state index contributed by atoms with van der Waals surface area (Å²) in [6.07, 6.45) is -2.33. The van der Waals surface area contributed by atoms with E-state index in [0.29, 0.717) is 11.4 Å². The summed E-state index contributed by atoms with van der Waals surface area (Å²) >= 11 is 0. The Balaban J connectivity index is 0.000000938. The number of fused-ring (bicyclic) bond motifs is 6. The van der Waals surface area contributed by atoms with Crippen molar-refractivity contribution in [3.8, 4) is 56.9 Å². The highest BCUT2D eigenvalue weighted by atomic mass is 19.4. The van der Waals surface area contributed by atoms with Gasteiger partial charge in [0.05, 0.1) is 62.3 Å². The van der Waals surface area contributed by atoms with E-state index in [0.717, 1.165) is 83.1 Å². The molecule has 0 fully saturated rings. The molecule has 0 saturated carbocycles. The number of rotatable bonds is 5. The average molecular weight is 871 g/mol. The van der Waals surface area contributed by atoms with Gasteiger partial charge < -0.3 is 9.13 Å². The highest BCUT2D eigenvalue weighted by Gasteiger charge is 2.36. The third-order valence-corrected chi connectivity index (χ3v) is 11.7. The minimum atomic E-state index is -4.83. The van der Waals surface area contributed by atoms with Gasteiger partial charge in [-0.15, -0.1) is 0 Å². The molecule has 8 aromatic carbocycles. The van der Waals surface area contributed by atoms with Gasteiger partial charge in [-0.1, -0.05) is 156 Å². The number of aromatic nitrogens is 2. The van der Waals surface area contributed by atoms with E-state index < -0.39 is 11.7 Å². The van der Waals surface area contributed by atoms with Crippen LogP contribution in [0.15, 0.2) is 164 Å². The Hall–Kier alpha value is -7.87. The largest absolute Gasteiger partial charge is 0.417 e. The van der Waals surface area contributed by atoms with Crippen molar-refractivity contribution in [1.29, 1.82) is 10.5 Å². The van der Waals surface area contributed by atoms with Crippen LogP contribution in [0.3, 0.4) is 0 Å². The molecule has 0 aliphatic carbocycles. The fourth-order valence-electron chi connectivity index (χ4n) is 8.96. The van der Waals surface area contributed by atoms with Crippen molar-refractivity contribution in [2.45, 2.75) is 60.6 Å². The molecule has 4 nitrogen and oxygen atoms in total. The third-order valence-electron chi connectivity index (χ3n) is 11.7. The van der Waals surface area contributed by atoms with Crippen molar-refractivity contribution >= 4 is 43.6 Å². The average Bonchev–Trinajstić information content (AvgIpc) is 3.83. The second-order valence-corrected chi connectivity index (χ2v) is 16.6. The zero-order valence-corrected chi connectivity index (χ0v) is 37.9. The zero-order valence-electron chi connectivity index (χ0n) is 37.9. The Morgan fingerprint density at radius 2 is 0.848 bits per heavy atom. The molecule has 0 unspecified atom stereocenters. The van der Waals surface area contributed by atoms with Gasteiger partial charge in [0.2, 0.25) is 0 Å². The van der Waals surface area contributed by atoms with E-state index in [1.54, 1.807) is 12.1 Å². The molecular weight excluding hydrogens is 822 g/mol. The number of alkyl halides is 3. The molecule has 7 heteroatoms. The van der Waals surface area contributed by atoms with Crippen LogP contribution in [0, 0.1) is 36.5 Å². The summed E-state index contributed by atoms with van der Waals surface area (Å²) in [6, 6.07) is 55.7. The van der Waals surface area contributed by atoms with E-state index in [1.807, 2.05) is 88.0 Å². The minimum Gasteiger partial charge on any atom is -0.308 e. The molecular formula is C59H49F3N4. The molecule has 10 aromatic rings. The topological polar surface area (TPSA) is 57.4 Å². The lowest BCUT2D eigenvalue weighted by molar-refractivity contribution is -0.137. The summed E-state index contributed by atoms with van der Waals surface area (Å²) in [5, 5.41) is 24.3. The Morgan fingerprint density at radius 3 is 1.27 bits per heavy atom. The molecule has 0 amide bonds. The Kier molecular flexibility index (Phi) is 12.7. The van der Waals surface area contributed by atoms with Crippen LogP contribution in [0.25, 0.3) is 88.4 Å². The minimum absolute atomic E-state index is 0.109. The maximum Gasteiger partial charge on any atom is 0.417 e. The maximum atomic E-state index is 15.5. The SMILES string of the molecule is CCC.CCC.Cc1ccccc1-c1ccc2c3ccccc3n(-c3cc(C#N)cc(-n4c5ccccc5c5ccc(-c6ccccc6C)cc54)c3-c3ccc(C#N)cc3C(F)(F)F)c2c1. The molecule has 326 valence electrons. The maximum absolute atomic E-state index is 15.5. The van der Waals surface area contributed by atoms with Crippen LogP contribution in [0.2, 0.25) is 0 Å². The quantitative estimate of drug-likeness (QED) is 0.173. The van der Waals surface area contributed by atoms with Gasteiger partial charge in [0.15, 0.2) is 0 Å². The van der Waals surface area contributed by atoms with E-state index in [4.69, 9.17) is 0 Å². The normalized spacial score (nSPS) is 11.2. The molecule has 0 aliphatic rings. The molecule has 0 saturated heterocycles. The van der Waals surface area contributed by atoms with Crippen molar-refractivity contribution in [2.75, 3.05) is 0 Å². The van der Waals surface area contributed by atoms with Crippen molar-refractivity contribution < 1.29 is 13.2 Å². The summed E-state index contributed by atoms with van der Waals surface area (Å²) < 4.78 is 50.6. The second kappa shape index (κ2) is 18.7. The van der Waals surface area contributed by atoms with Crippen LogP contribution in [0.4, 0.5) is 13.2 Å². The van der Waals surface area contributed by atoms with Gasteiger partial charge in [-0.3, -0.25) is 0 Å². The van der Waals surface area contributed by atoms with Gasteiger partial charge in [0.1, 0.15) is 0 Å². The number of nitrogens with zero attached hydrogens (tertiary/aromatic N) is 4. The molecule has 10 rings (SSSR count). The predicted molar refractivity (Wildman–Crippen MR) is 267 cm³/mol. The number of benzene rings is 8. The number of hydrogen-bond acceptors (Lipinski definition) is 2. The summed E-state index contributed by atoms with van der Waals surface area (Å²) in [7, 11) is 0. The number of aryl methyl sites for hydroxylation is 2. The van der Waals surface area contributed by atoms with E-state index in [1.165, 1.54) is 25.0 Å². The van der Waals surface area contributed by atoms with Gasteiger partial charge in [-0.05, 0) is 101 Å². The highest BCUT2D eigenvalue weighted by Crippen LogP contribution is 2.47. The summed E-state index contributed by atoms with van der Waals surface area (Å²) in [5.74, 6) is 0. The number of nitriles is 2. The van der Waals surface area contributed by atoms with Crippen LogP contribution in [0.1, 0.15) is 68.4 Å². The Labute approximate surface area is 384 Å². The monoisotopic (exact) mass is 870 g/mol. The van der Waals surface area contributed by atoms with Crippen molar-refractivity contribution in [2.24, 2.45) is 0 Å².